The molecule has 3 amide bonds. The number of amides is 3. The van der Waals surface area contributed by atoms with Gasteiger partial charge in [-0.1, -0.05) is 11.6 Å². The third-order valence-corrected chi connectivity index (χ3v) is 6.22. The Morgan fingerprint density at radius 1 is 0.667 bits per heavy atom. The SMILES string of the molecule is CC(C)OC(=O)c1ccc(NC(=O)c2ccc(NC3=C(Cl)C(=O)N(c4ccc(C(=O)OC(C)C)cc4)C3=O)cc2)cc1. The summed E-state index contributed by atoms with van der Waals surface area (Å²) in [6.07, 6.45) is -0.534. The van der Waals surface area contributed by atoms with Crippen LogP contribution >= 0.6 is 11.6 Å². The molecule has 3 aromatic carbocycles. The van der Waals surface area contributed by atoms with Gasteiger partial charge in [-0.3, -0.25) is 14.4 Å². The number of imide groups is 1. The summed E-state index contributed by atoms with van der Waals surface area (Å²) in [7, 11) is 0. The lowest BCUT2D eigenvalue weighted by atomic mass is 10.1. The van der Waals surface area contributed by atoms with Crippen LogP contribution in [0, 0.1) is 0 Å². The summed E-state index contributed by atoms with van der Waals surface area (Å²) in [6.45, 7) is 6.98. The molecule has 2 N–H and O–H groups in total. The maximum atomic E-state index is 13.1. The number of ether oxygens (including phenoxy) is 2. The van der Waals surface area contributed by atoms with Gasteiger partial charge >= 0.3 is 11.9 Å². The monoisotopic (exact) mass is 589 g/mol. The lowest BCUT2D eigenvalue weighted by Gasteiger charge is -2.16. The first kappa shape index (κ1) is 30.0. The minimum atomic E-state index is -0.721. The molecule has 0 saturated heterocycles. The molecule has 1 heterocycles. The number of benzene rings is 3. The first-order valence-corrected chi connectivity index (χ1v) is 13.4. The number of carbonyl (C=O) groups is 5. The van der Waals surface area contributed by atoms with Crippen molar-refractivity contribution in [2.45, 2.75) is 39.9 Å². The van der Waals surface area contributed by atoms with E-state index in [-0.39, 0.29) is 34.2 Å². The van der Waals surface area contributed by atoms with Crippen molar-refractivity contribution in [2.75, 3.05) is 15.5 Å². The van der Waals surface area contributed by atoms with Gasteiger partial charge in [0.05, 0.1) is 29.0 Å². The third kappa shape index (κ3) is 6.84. The van der Waals surface area contributed by atoms with Gasteiger partial charge < -0.3 is 20.1 Å². The molecule has 216 valence electrons. The van der Waals surface area contributed by atoms with Gasteiger partial charge in [0.1, 0.15) is 10.7 Å². The normalized spacial score (nSPS) is 13.1. The molecule has 0 atom stereocenters. The van der Waals surface area contributed by atoms with E-state index >= 15 is 0 Å². The van der Waals surface area contributed by atoms with Gasteiger partial charge in [-0.2, -0.15) is 0 Å². The Balaban J connectivity index is 1.39. The van der Waals surface area contributed by atoms with Gasteiger partial charge in [-0.05, 0) is 100 Å². The molecule has 11 heteroatoms. The Bertz CT molecular complexity index is 1560. The Kier molecular flexibility index (Phi) is 9.07. The third-order valence-electron chi connectivity index (χ3n) is 5.87. The standard InChI is InChI=1S/C31H28ClN3O7/c1-17(2)41-30(39)20-7-13-23(14-8-20)34-27(36)19-5-11-22(12-6-19)33-26-25(32)28(37)35(29(26)38)24-15-9-21(10-16-24)31(40)42-18(3)4/h5-18,33H,1-4H3,(H,34,36). The summed E-state index contributed by atoms with van der Waals surface area (Å²) in [4.78, 5) is 63.6. The fourth-order valence-corrected chi connectivity index (χ4v) is 4.11. The molecule has 0 aliphatic carbocycles. The lowest BCUT2D eigenvalue weighted by molar-refractivity contribution is -0.120. The van der Waals surface area contributed by atoms with Crippen LogP contribution in [0.3, 0.4) is 0 Å². The Morgan fingerprint density at radius 3 is 1.62 bits per heavy atom. The molecule has 1 aliphatic heterocycles. The lowest BCUT2D eigenvalue weighted by Crippen LogP contribution is -2.32. The van der Waals surface area contributed by atoms with Gasteiger partial charge in [0.25, 0.3) is 17.7 Å². The highest BCUT2D eigenvalue weighted by Crippen LogP contribution is 2.30. The minimum Gasteiger partial charge on any atom is -0.459 e. The zero-order valence-electron chi connectivity index (χ0n) is 23.3. The molecule has 0 aromatic heterocycles. The van der Waals surface area contributed by atoms with Crippen LogP contribution < -0.4 is 15.5 Å². The predicted molar refractivity (Wildman–Crippen MR) is 157 cm³/mol. The molecule has 4 rings (SSSR count). The molecule has 10 nitrogen and oxygen atoms in total. The van der Waals surface area contributed by atoms with Crippen molar-refractivity contribution in [2.24, 2.45) is 0 Å². The van der Waals surface area contributed by atoms with E-state index in [1.165, 1.54) is 36.4 Å². The molecule has 1 aliphatic rings. The van der Waals surface area contributed by atoms with Crippen LogP contribution in [0.1, 0.15) is 58.8 Å². The zero-order valence-corrected chi connectivity index (χ0v) is 24.0. The average Bonchev–Trinajstić information content (AvgIpc) is 3.16. The van der Waals surface area contributed by atoms with Crippen LogP contribution in [0.15, 0.2) is 83.5 Å². The number of hydrogen-bond donors (Lipinski definition) is 2. The van der Waals surface area contributed by atoms with Crippen LogP contribution in [0.4, 0.5) is 17.1 Å². The number of hydrogen-bond acceptors (Lipinski definition) is 8. The van der Waals surface area contributed by atoms with E-state index in [0.29, 0.717) is 22.5 Å². The highest BCUT2D eigenvalue weighted by Gasteiger charge is 2.39. The number of nitrogens with zero attached hydrogens (tertiary/aromatic N) is 1. The van der Waals surface area contributed by atoms with Crippen molar-refractivity contribution in [3.05, 3.63) is 100 Å². The Morgan fingerprint density at radius 2 is 1.12 bits per heavy atom. The molecule has 0 unspecified atom stereocenters. The highest BCUT2D eigenvalue weighted by atomic mass is 35.5. The molecule has 0 saturated carbocycles. The maximum absolute atomic E-state index is 13.1. The van der Waals surface area contributed by atoms with Crippen molar-refractivity contribution in [1.29, 1.82) is 0 Å². The number of rotatable bonds is 9. The first-order valence-electron chi connectivity index (χ1n) is 13.0. The molecule has 0 radical (unpaired) electrons. The molecule has 0 bridgehead atoms. The second-order valence-electron chi connectivity index (χ2n) is 9.82. The maximum Gasteiger partial charge on any atom is 0.338 e. The van der Waals surface area contributed by atoms with Gasteiger partial charge in [0, 0.05) is 16.9 Å². The van der Waals surface area contributed by atoms with E-state index in [1.54, 1.807) is 64.1 Å². The van der Waals surface area contributed by atoms with E-state index in [0.717, 1.165) is 4.90 Å². The molecule has 3 aromatic rings. The van der Waals surface area contributed by atoms with Crippen LogP contribution in [-0.4, -0.2) is 41.9 Å². The van der Waals surface area contributed by atoms with E-state index < -0.39 is 29.7 Å². The number of halogens is 1. The number of esters is 2. The predicted octanol–water partition coefficient (Wildman–Crippen LogP) is 5.51. The highest BCUT2D eigenvalue weighted by molar-refractivity contribution is 6.53. The second kappa shape index (κ2) is 12.7. The van der Waals surface area contributed by atoms with Crippen molar-refractivity contribution >= 4 is 58.3 Å². The van der Waals surface area contributed by atoms with Crippen LogP contribution in [0.5, 0.6) is 0 Å². The van der Waals surface area contributed by atoms with E-state index in [4.69, 9.17) is 21.1 Å². The van der Waals surface area contributed by atoms with Gasteiger partial charge in [0.15, 0.2) is 0 Å². The molecule has 0 fully saturated rings. The van der Waals surface area contributed by atoms with E-state index in [9.17, 15) is 24.0 Å². The number of carbonyl (C=O) groups excluding carboxylic acids is 5. The topological polar surface area (TPSA) is 131 Å². The summed E-state index contributed by atoms with van der Waals surface area (Å²) in [5.74, 6) is -2.76. The summed E-state index contributed by atoms with van der Waals surface area (Å²) in [6, 6.07) is 18.3. The average molecular weight is 590 g/mol. The quantitative estimate of drug-likeness (QED) is 0.247. The largest absolute Gasteiger partial charge is 0.459 e. The van der Waals surface area contributed by atoms with E-state index in [2.05, 4.69) is 10.6 Å². The zero-order chi connectivity index (χ0) is 30.6. The molecule has 42 heavy (non-hydrogen) atoms. The second-order valence-corrected chi connectivity index (χ2v) is 10.2. The number of anilines is 3. The Hall–Kier alpha value is -4.96. The molecule has 0 spiro atoms. The molecular formula is C31H28ClN3O7. The minimum absolute atomic E-state index is 0.127. The van der Waals surface area contributed by atoms with Crippen LogP contribution in [0.25, 0.3) is 0 Å². The van der Waals surface area contributed by atoms with Crippen molar-refractivity contribution in [3.63, 3.8) is 0 Å². The summed E-state index contributed by atoms with van der Waals surface area (Å²) in [5.41, 5.74) is 1.98. The summed E-state index contributed by atoms with van der Waals surface area (Å²) >= 11 is 6.22. The fraction of sp³-hybridized carbons (Fsp3) is 0.194. The number of nitrogens with one attached hydrogen (secondary N) is 2. The first-order chi connectivity index (χ1) is 19.9. The molecular weight excluding hydrogens is 562 g/mol. The van der Waals surface area contributed by atoms with Crippen molar-refractivity contribution in [3.8, 4) is 0 Å². The summed E-state index contributed by atoms with van der Waals surface area (Å²) < 4.78 is 10.3. The fourth-order valence-electron chi connectivity index (χ4n) is 3.90. The smallest absolute Gasteiger partial charge is 0.338 e. The van der Waals surface area contributed by atoms with E-state index in [1.807, 2.05) is 0 Å². The van der Waals surface area contributed by atoms with Gasteiger partial charge in [-0.25, -0.2) is 14.5 Å². The van der Waals surface area contributed by atoms with Crippen molar-refractivity contribution < 1.29 is 33.4 Å². The van der Waals surface area contributed by atoms with Gasteiger partial charge in [-0.15, -0.1) is 0 Å². The van der Waals surface area contributed by atoms with Crippen molar-refractivity contribution in [1.82, 2.24) is 0 Å². The Labute approximate surface area is 247 Å². The van der Waals surface area contributed by atoms with Gasteiger partial charge in [0.2, 0.25) is 0 Å². The van der Waals surface area contributed by atoms with Crippen LogP contribution in [0.2, 0.25) is 0 Å². The van der Waals surface area contributed by atoms with Crippen LogP contribution in [-0.2, 0) is 19.1 Å². The summed E-state index contributed by atoms with van der Waals surface area (Å²) in [5, 5.41) is 5.30.